The highest BCUT2D eigenvalue weighted by molar-refractivity contribution is 7.87. The van der Waals surface area contributed by atoms with E-state index in [-0.39, 0.29) is 0 Å². The second-order valence-corrected chi connectivity index (χ2v) is 5.12. The van der Waals surface area contributed by atoms with Crippen LogP contribution in [0.3, 0.4) is 0 Å². The largest absolute Gasteiger partial charge is 0.298 e. The summed E-state index contributed by atoms with van der Waals surface area (Å²) in [5.41, 5.74) is 0.280. The van der Waals surface area contributed by atoms with Crippen molar-refractivity contribution in [1.82, 2.24) is 5.64 Å². The van der Waals surface area contributed by atoms with Crippen LogP contribution >= 0.6 is 0 Å². The lowest BCUT2D eigenvalue weighted by atomic mass is 9.92. The van der Waals surface area contributed by atoms with Crippen LogP contribution in [-0.2, 0) is 19.2 Å². The van der Waals surface area contributed by atoms with Crippen molar-refractivity contribution in [3.05, 3.63) is 0 Å². The molecule has 6 nitrogen and oxygen atoms in total. The van der Waals surface area contributed by atoms with Gasteiger partial charge in [0, 0.05) is 5.41 Å². The van der Waals surface area contributed by atoms with E-state index >= 15 is 0 Å². The van der Waals surface area contributed by atoms with Crippen molar-refractivity contribution >= 4 is 15.9 Å². The lowest BCUT2D eigenvalue weighted by Gasteiger charge is -2.15. The molecule has 0 aliphatic carbocycles. The fraction of sp³-hybridized carbons (Fsp3) is 0.833. The Morgan fingerprint density at radius 3 is 2.23 bits per heavy atom. The first kappa shape index (κ1) is 12.5. The van der Waals surface area contributed by atoms with Crippen LogP contribution in [0.25, 0.3) is 0 Å². The van der Waals surface area contributed by atoms with Crippen LogP contribution in [0.1, 0.15) is 20.8 Å². The molecule has 7 heteroatoms. The predicted octanol–water partition coefficient (Wildman–Crippen LogP) is -0.158. The second-order valence-electron chi connectivity index (χ2n) is 3.55. The molecule has 0 heterocycles. The zero-order chi connectivity index (χ0) is 10.7. The van der Waals surface area contributed by atoms with E-state index < -0.39 is 27.1 Å². The maximum atomic E-state index is 11.2. The molecule has 0 radical (unpaired) electrons. The lowest BCUT2D eigenvalue weighted by Crippen LogP contribution is -2.31. The molecule has 0 aliphatic rings. The van der Waals surface area contributed by atoms with Gasteiger partial charge in [-0.25, -0.2) is 0 Å². The van der Waals surface area contributed by atoms with E-state index in [9.17, 15) is 13.2 Å². The third kappa shape index (κ3) is 4.94. The maximum Gasteiger partial charge on any atom is 0.292 e. The molecular formula is C6H13NO5S. The van der Waals surface area contributed by atoms with E-state index in [0.717, 1.165) is 5.64 Å². The van der Waals surface area contributed by atoms with E-state index in [2.05, 4.69) is 4.28 Å². The molecule has 0 amide bonds. The average molecular weight is 211 g/mol. The first-order valence-corrected chi connectivity index (χ1v) is 5.10. The van der Waals surface area contributed by atoms with Gasteiger partial charge in [-0.05, 0) is 0 Å². The summed E-state index contributed by atoms with van der Waals surface area (Å²) < 4.78 is 25.4. The summed E-state index contributed by atoms with van der Waals surface area (Å²) in [7, 11) is -4.02. The zero-order valence-electron chi connectivity index (χ0n) is 7.70. The highest BCUT2D eigenvalue weighted by Crippen LogP contribution is 2.15. The molecule has 0 bridgehead atoms. The number of nitrogens with one attached hydrogen (secondary N) is 1. The summed E-state index contributed by atoms with van der Waals surface area (Å²) in [5.74, 6) is -1.24. The molecule has 0 aromatic carbocycles. The Labute approximate surface area is 76.9 Å². The monoisotopic (exact) mass is 211 g/mol. The van der Waals surface area contributed by atoms with Gasteiger partial charge in [0.2, 0.25) is 0 Å². The fourth-order valence-electron chi connectivity index (χ4n) is 0.463. The Balaban J connectivity index is 4.39. The summed E-state index contributed by atoms with van der Waals surface area (Å²) >= 11 is 0. The Hall–Kier alpha value is -0.500. The Morgan fingerprint density at radius 2 is 1.92 bits per heavy atom. The van der Waals surface area contributed by atoms with Crippen LogP contribution in [0.2, 0.25) is 0 Å². The van der Waals surface area contributed by atoms with Crippen LogP contribution in [-0.4, -0.2) is 25.2 Å². The number of hydrogen-bond acceptors (Lipinski definition) is 6. The summed E-state index contributed by atoms with van der Waals surface area (Å²) in [5, 5.41) is 7.95. The molecular weight excluding hydrogens is 198 g/mol. The molecule has 0 saturated carbocycles. The number of rotatable bonds is 4. The molecule has 0 spiro atoms. The molecule has 2 N–H and O–H groups in total. The quantitative estimate of drug-likeness (QED) is 0.628. The van der Waals surface area contributed by atoms with E-state index in [1.54, 1.807) is 20.8 Å². The van der Waals surface area contributed by atoms with Crippen molar-refractivity contribution < 1.29 is 22.7 Å². The zero-order valence-corrected chi connectivity index (χ0v) is 8.51. The molecule has 0 atom stereocenters. The number of carbonyl (C=O) groups excluding carboxylic acids is 1. The molecule has 13 heavy (non-hydrogen) atoms. The minimum atomic E-state index is -4.02. The molecule has 0 saturated heterocycles. The van der Waals surface area contributed by atoms with Crippen molar-refractivity contribution in [1.29, 1.82) is 0 Å². The van der Waals surface area contributed by atoms with Crippen LogP contribution in [0.4, 0.5) is 0 Å². The van der Waals surface area contributed by atoms with E-state index in [1.165, 1.54) is 0 Å². The third-order valence-corrected chi connectivity index (χ3v) is 2.25. The molecule has 0 fully saturated rings. The first-order valence-electron chi connectivity index (χ1n) is 3.52. The van der Waals surface area contributed by atoms with Crippen molar-refractivity contribution in [2.75, 3.05) is 5.75 Å². The molecule has 78 valence electrons. The Bertz CT molecular complexity index is 276. The van der Waals surface area contributed by atoms with Crippen molar-refractivity contribution in [2.45, 2.75) is 20.8 Å². The number of carbonyl (C=O) groups is 1. The highest BCUT2D eigenvalue weighted by atomic mass is 32.2. The van der Waals surface area contributed by atoms with Gasteiger partial charge in [-0.3, -0.25) is 10.0 Å². The van der Waals surface area contributed by atoms with Gasteiger partial charge < -0.3 is 0 Å². The van der Waals surface area contributed by atoms with Gasteiger partial charge in [-0.15, -0.1) is 0 Å². The molecule has 0 unspecified atom stereocenters. The SMILES string of the molecule is CC(C)(C)C(=O)CS(=O)(=O)ONO. The summed E-state index contributed by atoms with van der Waals surface area (Å²) in [4.78, 5) is 11.2. The van der Waals surface area contributed by atoms with E-state index in [0.29, 0.717) is 0 Å². The van der Waals surface area contributed by atoms with Gasteiger partial charge in [0.15, 0.2) is 5.78 Å². The summed E-state index contributed by atoms with van der Waals surface area (Å²) in [6.07, 6.45) is 0. The molecule has 0 aromatic rings. The Morgan fingerprint density at radius 1 is 1.46 bits per heavy atom. The normalized spacial score (nSPS) is 12.9. The topological polar surface area (TPSA) is 92.7 Å². The van der Waals surface area contributed by atoms with Crippen LogP contribution in [0.15, 0.2) is 0 Å². The van der Waals surface area contributed by atoms with Crippen molar-refractivity contribution in [3.8, 4) is 0 Å². The fourth-order valence-corrected chi connectivity index (χ4v) is 1.39. The van der Waals surface area contributed by atoms with Gasteiger partial charge >= 0.3 is 0 Å². The van der Waals surface area contributed by atoms with Gasteiger partial charge in [-0.1, -0.05) is 26.4 Å². The second kappa shape index (κ2) is 4.14. The first-order chi connectivity index (χ1) is 5.69. The van der Waals surface area contributed by atoms with E-state index in [4.69, 9.17) is 5.21 Å². The van der Waals surface area contributed by atoms with Gasteiger partial charge in [-0.2, -0.15) is 12.7 Å². The van der Waals surface area contributed by atoms with Gasteiger partial charge in [0.25, 0.3) is 10.1 Å². The van der Waals surface area contributed by atoms with Crippen LogP contribution in [0, 0.1) is 5.41 Å². The van der Waals surface area contributed by atoms with Gasteiger partial charge in [0.1, 0.15) is 5.75 Å². The third-order valence-electron chi connectivity index (χ3n) is 1.31. The number of Topliss-reactive ketones (excluding diaryl/α,β-unsaturated/α-hetero) is 1. The average Bonchev–Trinajstić information content (AvgIpc) is 1.83. The van der Waals surface area contributed by atoms with Crippen molar-refractivity contribution in [3.63, 3.8) is 0 Å². The molecule has 0 rings (SSSR count). The number of hydrogen-bond donors (Lipinski definition) is 2. The summed E-state index contributed by atoms with van der Waals surface area (Å²) in [6, 6.07) is 0. The van der Waals surface area contributed by atoms with Crippen LogP contribution < -0.4 is 5.64 Å². The smallest absolute Gasteiger partial charge is 0.292 e. The molecule has 0 aromatic heterocycles. The minimum Gasteiger partial charge on any atom is -0.298 e. The Kier molecular flexibility index (Phi) is 3.98. The van der Waals surface area contributed by atoms with Crippen LogP contribution in [0.5, 0.6) is 0 Å². The predicted molar refractivity (Wildman–Crippen MR) is 44.3 cm³/mol. The van der Waals surface area contributed by atoms with Gasteiger partial charge in [0.05, 0.1) is 0 Å². The lowest BCUT2D eigenvalue weighted by molar-refractivity contribution is -0.123. The van der Waals surface area contributed by atoms with E-state index in [1.807, 2.05) is 0 Å². The maximum absolute atomic E-state index is 11.2. The highest BCUT2D eigenvalue weighted by Gasteiger charge is 2.27. The standard InChI is InChI=1S/C6H13NO5S/c1-6(2,3)5(8)4-13(10,11)12-7-9/h7,9H,4H2,1-3H3. The number of ketones is 1. The molecule has 0 aliphatic heterocycles. The van der Waals surface area contributed by atoms with Crippen molar-refractivity contribution in [2.24, 2.45) is 5.41 Å². The summed E-state index contributed by atoms with van der Waals surface area (Å²) in [6.45, 7) is 4.78. The minimum absolute atomic E-state index is 0.484.